The van der Waals surface area contributed by atoms with Gasteiger partial charge in [0.2, 0.25) is 0 Å². The van der Waals surface area contributed by atoms with E-state index in [1.54, 1.807) is 0 Å². The summed E-state index contributed by atoms with van der Waals surface area (Å²) in [5.74, 6) is -0.991. The van der Waals surface area contributed by atoms with E-state index in [9.17, 15) is 14.4 Å². The quantitative estimate of drug-likeness (QED) is 0.0262. The zero-order valence-electron chi connectivity index (χ0n) is 40.8. The molecule has 0 aliphatic carbocycles. The Morgan fingerprint density at radius 1 is 0.333 bits per heavy atom. The standard InChI is InChI=1S/C57H94O6/c1-4-7-10-13-16-19-22-24-26-28-30-32-35-38-41-44-47-50-56(59)62-53-54(52-61-55(58)49-46-43-40-37-34-21-18-15-12-9-6-3)63-57(60)51-48-45-42-39-36-33-31-29-27-25-23-20-17-14-11-8-5-2/h8,11,16-17,19-20,24-27,30-33,38,41,54H,4-7,9-10,12-15,18,21-23,28-29,34-37,39-40,42-53H2,1-3H3/b11-8-,19-16-,20-17-,26-24-,27-25-,32-30-,33-31-,41-38-/t54-/m0/s1. The van der Waals surface area contributed by atoms with E-state index in [1.165, 1.54) is 77.0 Å². The van der Waals surface area contributed by atoms with Gasteiger partial charge in [0, 0.05) is 19.3 Å². The Balaban J connectivity index is 4.52. The number of rotatable bonds is 45. The van der Waals surface area contributed by atoms with Crippen molar-refractivity contribution >= 4 is 17.9 Å². The third-order valence-corrected chi connectivity index (χ3v) is 10.6. The summed E-state index contributed by atoms with van der Waals surface area (Å²) in [6.07, 6.45) is 66.8. The van der Waals surface area contributed by atoms with Crippen LogP contribution >= 0.6 is 0 Å². The predicted octanol–water partition coefficient (Wildman–Crippen LogP) is 17.0. The van der Waals surface area contributed by atoms with Crippen molar-refractivity contribution in [1.82, 2.24) is 0 Å². The van der Waals surface area contributed by atoms with Crippen LogP contribution in [0, 0.1) is 0 Å². The van der Waals surface area contributed by atoms with Crippen molar-refractivity contribution in [2.24, 2.45) is 0 Å². The second kappa shape index (κ2) is 51.0. The molecule has 0 fully saturated rings. The third kappa shape index (κ3) is 49.2. The molecule has 0 aliphatic heterocycles. The first-order valence-electron chi connectivity index (χ1n) is 25.7. The first-order valence-corrected chi connectivity index (χ1v) is 25.7. The fourth-order valence-electron chi connectivity index (χ4n) is 6.72. The summed E-state index contributed by atoms with van der Waals surface area (Å²) in [7, 11) is 0. The zero-order valence-corrected chi connectivity index (χ0v) is 40.8. The van der Waals surface area contributed by atoms with E-state index in [2.05, 4.69) is 118 Å². The number of esters is 3. The number of carbonyl (C=O) groups is 3. The van der Waals surface area contributed by atoms with E-state index in [1.807, 2.05) is 0 Å². The van der Waals surface area contributed by atoms with E-state index in [-0.39, 0.29) is 44.0 Å². The van der Waals surface area contributed by atoms with Gasteiger partial charge in [-0.25, -0.2) is 0 Å². The van der Waals surface area contributed by atoms with Crippen molar-refractivity contribution in [3.05, 3.63) is 97.2 Å². The summed E-state index contributed by atoms with van der Waals surface area (Å²) in [6.45, 7) is 6.41. The lowest BCUT2D eigenvalue weighted by atomic mass is 10.1. The van der Waals surface area contributed by atoms with Gasteiger partial charge in [0.05, 0.1) is 0 Å². The van der Waals surface area contributed by atoms with Crippen molar-refractivity contribution in [3.63, 3.8) is 0 Å². The Morgan fingerprint density at radius 3 is 1.06 bits per heavy atom. The highest BCUT2D eigenvalue weighted by molar-refractivity contribution is 5.71. The largest absolute Gasteiger partial charge is 0.462 e. The van der Waals surface area contributed by atoms with E-state index >= 15 is 0 Å². The number of hydrogen-bond acceptors (Lipinski definition) is 6. The number of hydrogen-bond donors (Lipinski definition) is 0. The molecule has 0 amide bonds. The lowest BCUT2D eigenvalue weighted by molar-refractivity contribution is -0.167. The average molecular weight is 875 g/mol. The highest BCUT2D eigenvalue weighted by Crippen LogP contribution is 2.13. The minimum Gasteiger partial charge on any atom is -0.462 e. The van der Waals surface area contributed by atoms with E-state index < -0.39 is 6.10 Å². The molecule has 0 spiro atoms. The van der Waals surface area contributed by atoms with Crippen LogP contribution in [0.15, 0.2) is 97.2 Å². The van der Waals surface area contributed by atoms with Crippen LogP contribution in [0.5, 0.6) is 0 Å². The number of allylic oxidation sites excluding steroid dienone is 16. The van der Waals surface area contributed by atoms with Crippen LogP contribution in [-0.2, 0) is 28.6 Å². The molecule has 0 saturated heterocycles. The van der Waals surface area contributed by atoms with Gasteiger partial charge in [-0.2, -0.15) is 0 Å². The van der Waals surface area contributed by atoms with Crippen molar-refractivity contribution in [2.75, 3.05) is 13.2 Å². The molecule has 0 heterocycles. The van der Waals surface area contributed by atoms with Crippen LogP contribution in [0.3, 0.4) is 0 Å². The van der Waals surface area contributed by atoms with Crippen molar-refractivity contribution in [2.45, 2.75) is 232 Å². The molecule has 6 nitrogen and oxygen atoms in total. The molecule has 63 heavy (non-hydrogen) atoms. The number of ether oxygens (including phenoxy) is 3. The normalized spacial score (nSPS) is 12.9. The second-order valence-electron chi connectivity index (χ2n) is 16.7. The molecule has 358 valence electrons. The molecule has 0 rings (SSSR count). The van der Waals surface area contributed by atoms with Crippen LogP contribution in [0.4, 0.5) is 0 Å². The molecule has 6 heteroatoms. The summed E-state index contributed by atoms with van der Waals surface area (Å²) < 4.78 is 16.7. The highest BCUT2D eigenvalue weighted by atomic mass is 16.6. The Kier molecular flexibility index (Phi) is 48.0. The van der Waals surface area contributed by atoms with Crippen LogP contribution in [-0.4, -0.2) is 37.2 Å². The number of unbranched alkanes of at least 4 members (excludes halogenated alkanes) is 18. The fraction of sp³-hybridized carbons (Fsp3) is 0.667. The van der Waals surface area contributed by atoms with Gasteiger partial charge in [-0.15, -0.1) is 0 Å². The molecule has 1 atom stereocenters. The molecule has 0 unspecified atom stereocenters. The Labute approximate surface area is 387 Å². The maximum atomic E-state index is 12.8. The molecule has 0 saturated carbocycles. The van der Waals surface area contributed by atoms with Crippen LogP contribution in [0.1, 0.15) is 226 Å². The van der Waals surface area contributed by atoms with Gasteiger partial charge < -0.3 is 14.2 Å². The SMILES string of the molecule is CC/C=C\C/C=C\C/C=C\C/C=C\CCCCCCC(=O)O[C@H](COC(=O)CCC/C=C\C/C=C\C/C=C\C/C=C\CCCCC)COC(=O)CCCCCCCCCCCCC. The molecule has 0 aromatic rings. The van der Waals surface area contributed by atoms with Gasteiger partial charge in [0.15, 0.2) is 6.10 Å². The fourth-order valence-corrected chi connectivity index (χ4v) is 6.72. The molecule has 0 radical (unpaired) electrons. The Hall–Kier alpha value is -3.67. The molecular formula is C57H94O6. The minimum atomic E-state index is -0.811. The minimum absolute atomic E-state index is 0.104. The van der Waals surface area contributed by atoms with E-state index in [4.69, 9.17) is 14.2 Å². The van der Waals surface area contributed by atoms with Crippen molar-refractivity contribution in [3.8, 4) is 0 Å². The molecule has 0 aromatic carbocycles. The summed E-state index contributed by atoms with van der Waals surface area (Å²) in [6, 6.07) is 0. The summed E-state index contributed by atoms with van der Waals surface area (Å²) >= 11 is 0. The molecular weight excluding hydrogens is 781 g/mol. The van der Waals surface area contributed by atoms with Crippen molar-refractivity contribution < 1.29 is 28.6 Å². The van der Waals surface area contributed by atoms with E-state index in [0.717, 1.165) is 103 Å². The van der Waals surface area contributed by atoms with Gasteiger partial charge in [-0.1, -0.05) is 208 Å². The molecule has 0 N–H and O–H groups in total. The zero-order chi connectivity index (χ0) is 45.8. The van der Waals surface area contributed by atoms with Crippen LogP contribution in [0.2, 0.25) is 0 Å². The molecule has 0 aromatic heterocycles. The van der Waals surface area contributed by atoms with Crippen LogP contribution in [0.25, 0.3) is 0 Å². The molecule has 0 bridgehead atoms. The lowest BCUT2D eigenvalue weighted by Gasteiger charge is -2.18. The highest BCUT2D eigenvalue weighted by Gasteiger charge is 2.19. The summed E-state index contributed by atoms with van der Waals surface area (Å²) in [5, 5.41) is 0. The Bertz CT molecular complexity index is 1280. The van der Waals surface area contributed by atoms with Gasteiger partial charge in [0.25, 0.3) is 0 Å². The van der Waals surface area contributed by atoms with Gasteiger partial charge in [-0.3, -0.25) is 14.4 Å². The van der Waals surface area contributed by atoms with Gasteiger partial charge >= 0.3 is 17.9 Å². The first kappa shape index (κ1) is 59.3. The average Bonchev–Trinajstić information content (AvgIpc) is 3.28. The third-order valence-electron chi connectivity index (χ3n) is 10.6. The summed E-state index contributed by atoms with van der Waals surface area (Å²) in [5.41, 5.74) is 0. The number of carbonyl (C=O) groups excluding carboxylic acids is 3. The summed E-state index contributed by atoms with van der Waals surface area (Å²) in [4.78, 5) is 37.9. The van der Waals surface area contributed by atoms with Gasteiger partial charge in [-0.05, 0) is 96.3 Å². The topological polar surface area (TPSA) is 78.9 Å². The van der Waals surface area contributed by atoms with Crippen molar-refractivity contribution in [1.29, 1.82) is 0 Å². The maximum absolute atomic E-state index is 12.8. The lowest BCUT2D eigenvalue weighted by Crippen LogP contribution is -2.30. The monoisotopic (exact) mass is 875 g/mol. The smallest absolute Gasteiger partial charge is 0.306 e. The first-order chi connectivity index (χ1) is 31.0. The molecule has 0 aliphatic rings. The van der Waals surface area contributed by atoms with Crippen LogP contribution < -0.4 is 0 Å². The van der Waals surface area contributed by atoms with Gasteiger partial charge in [0.1, 0.15) is 13.2 Å². The second-order valence-corrected chi connectivity index (χ2v) is 16.7. The van der Waals surface area contributed by atoms with E-state index in [0.29, 0.717) is 12.8 Å². The Morgan fingerprint density at radius 2 is 0.635 bits per heavy atom. The maximum Gasteiger partial charge on any atom is 0.306 e. The predicted molar refractivity (Wildman–Crippen MR) is 270 cm³/mol.